The lowest BCUT2D eigenvalue weighted by molar-refractivity contribution is -0.127. The maximum Gasteiger partial charge on any atom is 0.233 e. The largest absolute Gasteiger partial charge is 0.469 e. The number of furan rings is 1. The molecule has 23 heavy (non-hydrogen) atoms. The number of aryl methyl sites for hydroxylation is 2. The van der Waals surface area contributed by atoms with E-state index < -0.39 is 0 Å². The minimum absolute atomic E-state index is 0.0141. The number of hydrogen-bond donors (Lipinski definition) is 2. The second-order valence-electron chi connectivity index (χ2n) is 5.68. The average molecular weight is 314 g/mol. The third-order valence-electron chi connectivity index (χ3n) is 3.47. The molecule has 0 bridgehead atoms. The first-order valence-electron chi connectivity index (χ1n) is 7.71. The van der Waals surface area contributed by atoms with Gasteiger partial charge in [-0.2, -0.15) is 0 Å². The summed E-state index contributed by atoms with van der Waals surface area (Å²) < 4.78 is 5.25. The molecule has 122 valence electrons. The van der Waals surface area contributed by atoms with Crippen molar-refractivity contribution in [3.8, 4) is 0 Å². The average Bonchev–Trinajstić information content (AvgIpc) is 3.00. The van der Waals surface area contributed by atoms with Crippen LogP contribution in [0, 0.1) is 6.92 Å². The van der Waals surface area contributed by atoms with Crippen LogP contribution in [0.1, 0.15) is 31.1 Å². The molecule has 1 heterocycles. The molecule has 0 unspecified atom stereocenters. The first kappa shape index (κ1) is 16.8. The van der Waals surface area contributed by atoms with Crippen molar-refractivity contribution >= 4 is 17.5 Å². The molecule has 0 spiro atoms. The maximum atomic E-state index is 11.9. The highest BCUT2D eigenvalue weighted by molar-refractivity contribution is 6.03. The summed E-state index contributed by atoms with van der Waals surface area (Å²) in [5, 5.41) is 5.54. The van der Waals surface area contributed by atoms with Gasteiger partial charge in [-0.15, -0.1) is 0 Å². The van der Waals surface area contributed by atoms with Gasteiger partial charge in [-0.25, -0.2) is 0 Å². The Kier molecular flexibility index (Phi) is 5.97. The second kappa shape index (κ2) is 8.17. The number of carbonyl (C=O) groups is 2. The number of nitrogens with one attached hydrogen (secondary N) is 2. The van der Waals surface area contributed by atoms with Crippen LogP contribution in [0.3, 0.4) is 0 Å². The Morgan fingerprint density at radius 3 is 2.52 bits per heavy atom. The van der Waals surface area contributed by atoms with Crippen LogP contribution in [-0.2, 0) is 16.0 Å². The molecule has 5 nitrogen and oxygen atoms in total. The lowest BCUT2D eigenvalue weighted by atomic mass is 10.1. The van der Waals surface area contributed by atoms with Crippen molar-refractivity contribution in [3.63, 3.8) is 0 Å². The van der Waals surface area contributed by atoms with Crippen LogP contribution >= 0.6 is 0 Å². The number of amides is 2. The lowest BCUT2D eigenvalue weighted by Gasteiger charge is -2.13. The molecule has 0 fully saturated rings. The molecule has 2 aromatic rings. The van der Waals surface area contributed by atoms with E-state index in [0.29, 0.717) is 5.69 Å². The fraction of sp³-hybridized carbons (Fsp3) is 0.333. The number of carbonyl (C=O) groups excluding carboxylic acids is 2. The third-order valence-corrected chi connectivity index (χ3v) is 3.47. The van der Waals surface area contributed by atoms with E-state index in [9.17, 15) is 9.59 Å². The summed E-state index contributed by atoms with van der Waals surface area (Å²) in [5.74, 6) is 0.300. The van der Waals surface area contributed by atoms with Crippen molar-refractivity contribution in [1.82, 2.24) is 5.32 Å². The minimum Gasteiger partial charge on any atom is -0.469 e. The summed E-state index contributed by atoms with van der Waals surface area (Å²) in [4.78, 5) is 23.7. The molecule has 0 aliphatic carbocycles. The van der Waals surface area contributed by atoms with Crippen molar-refractivity contribution in [2.45, 2.75) is 39.2 Å². The van der Waals surface area contributed by atoms with Crippen LogP contribution in [0.5, 0.6) is 0 Å². The van der Waals surface area contributed by atoms with E-state index in [1.807, 2.05) is 50.2 Å². The number of anilines is 1. The molecule has 0 aliphatic rings. The molecular formula is C18H22N2O3. The van der Waals surface area contributed by atoms with Gasteiger partial charge in [0.05, 0.1) is 6.26 Å². The molecule has 2 N–H and O–H groups in total. The Bertz CT molecular complexity index is 633. The fourth-order valence-electron chi connectivity index (χ4n) is 2.20. The summed E-state index contributed by atoms with van der Waals surface area (Å²) in [7, 11) is 0. The lowest BCUT2D eigenvalue weighted by Crippen LogP contribution is -2.35. The van der Waals surface area contributed by atoms with Crippen molar-refractivity contribution in [2.75, 3.05) is 5.32 Å². The van der Waals surface area contributed by atoms with E-state index >= 15 is 0 Å². The molecule has 0 saturated heterocycles. The molecule has 1 atom stereocenters. The zero-order chi connectivity index (χ0) is 16.7. The topological polar surface area (TPSA) is 71.3 Å². The van der Waals surface area contributed by atoms with Gasteiger partial charge in [0.15, 0.2) is 0 Å². The first-order chi connectivity index (χ1) is 11.0. The normalized spacial score (nSPS) is 11.7. The summed E-state index contributed by atoms with van der Waals surface area (Å²) >= 11 is 0. The summed E-state index contributed by atoms with van der Waals surface area (Å²) in [6.45, 7) is 3.89. The second-order valence-corrected chi connectivity index (χ2v) is 5.68. The van der Waals surface area contributed by atoms with E-state index in [1.54, 1.807) is 6.26 Å². The van der Waals surface area contributed by atoms with E-state index in [-0.39, 0.29) is 24.3 Å². The van der Waals surface area contributed by atoms with Crippen molar-refractivity contribution < 1.29 is 14.0 Å². The standard InChI is InChI=1S/C18H22N2O3/c1-13-5-8-15(9-6-13)20-18(22)12-17(21)19-14(2)7-10-16-4-3-11-23-16/h3-6,8-9,11,14H,7,10,12H2,1-2H3,(H,19,21)(H,20,22)/t14-/m1/s1. The number of rotatable bonds is 7. The monoisotopic (exact) mass is 314 g/mol. The van der Waals surface area contributed by atoms with E-state index in [0.717, 1.165) is 24.2 Å². The van der Waals surface area contributed by atoms with E-state index in [4.69, 9.17) is 4.42 Å². The Morgan fingerprint density at radius 2 is 1.87 bits per heavy atom. The Hall–Kier alpha value is -2.56. The Balaban J connectivity index is 1.70. The van der Waals surface area contributed by atoms with Gasteiger partial charge in [-0.3, -0.25) is 9.59 Å². The van der Waals surface area contributed by atoms with Crippen LogP contribution in [0.25, 0.3) is 0 Å². The predicted octanol–water partition coefficient (Wildman–Crippen LogP) is 3.05. The quantitative estimate of drug-likeness (QED) is 0.772. The molecule has 5 heteroatoms. The van der Waals surface area contributed by atoms with Gasteiger partial charge in [0.2, 0.25) is 11.8 Å². The van der Waals surface area contributed by atoms with Crippen LogP contribution in [0.15, 0.2) is 47.1 Å². The van der Waals surface area contributed by atoms with E-state index in [1.165, 1.54) is 0 Å². The van der Waals surface area contributed by atoms with Gasteiger partial charge in [-0.05, 0) is 44.5 Å². The molecule has 1 aromatic heterocycles. The van der Waals surface area contributed by atoms with Gasteiger partial charge in [0.25, 0.3) is 0 Å². The molecule has 0 aliphatic heterocycles. The van der Waals surface area contributed by atoms with E-state index in [2.05, 4.69) is 10.6 Å². The van der Waals surface area contributed by atoms with Crippen molar-refractivity contribution in [3.05, 3.63) is 54.0 Å². The number of benzene rings is 1. The highest BCUT2D eigenvalue weighted by Gasteiger charge is 2.12. The van der Waals surface area contributed by atoms with Gasteiger partial charge < -0.3 is 15.1 Å². The summed E-state index contributed by atoms with van der Waals surface area (Å²) in [6.07, 6.45) is 2.97. The Morgan fingerprint density at radius 1 is 1.13 bits per heavy atom. The SMILES string of the molecule is Cc1ccc(NC(=O)CC(=O)N[C@H](C)CCc2ccco2)cc1. The minimum atomic E-state index is -0.315. The highest BCUT2D eigenvalue weighted by atomic mass is 16.3. The van der Waals surface area contributed by atoms with Gasteiger partial charge >= 0.3 is 0 Å². The summed E-state index contributed by atoms with van der Waals surface area (Å²) in [6, 6.07) is 11.2. The van der Waals surface area contributed by atoms with Crippen LogP contribution < -0.4 is 10.6 Å². The predicted molar refractivity (Wildman–Crippen MR) is 89.1 cm³/mol. The zero-order valence-corrected chi connectivity index (χ0v) is 13.5. The smallest absolute Gasteiger partial charge is 0.233 e. The van der Waals surface area contributed by atoms with Crippen LogP contribution in [-0.4, -0.2) is 17.9 Å². The third kappa shape index (κ3) is 5.98. The van der Waals surface area contributed by atoms with Gasteiger partial charge in [0.1, 0.15) is 12.2 Å². The van der Waals surface area contributed by atoms with Crippen molar-refractivity contribution in [1.29, 1.82) is 0 Å². The summed E-state index contributed by atoms with van der Waals surface area (Å²) in [5.41, 5.74) is 1.81. The molecule has 0 saturated carbocycles. The van der Waals surface area contributed by atoms with Crippen LogP contribution in [0.2, 0.25) is 0 Å². The fourth-order valence-corrected chi connectivity index (χ4v) is 2.20. The van der Waals surface area contributed by atoms with Crippen molar-refractivity contribution in [2.24, 2.45) is 0 Å². The molecule has 2 amide bonds. The van der Waals surface area contributed by atoms with Crippen LogP contribution in [0.4, 0.5) is 5.69 Å². The van der Waals surface area contributed by atoms with Gasteiger partial charge in [0, 0.05) is 18.2 Å². The highest BCUT2D eigenvalue weighted by Crippen LogP contribution is 2.09. The molecule has 1 aromatic carbocycles. The first-order valence-corrected chi connectivity index (χ1v) is 7.71. The molecule has 2 rings (SSSR count). The zero-order valence-electron chi connectivity index (χ0n) is 13.5. The molecule has 0 radical (unpaired) electrons. The molecular weight excluding hydrogens is 292 g/mol. The maximum absolute atomic E-state index is 11.9. The van der Waals surface area contributed by atoms with Gasteiger partial charge in [-0.1, -0.05) is 17.7 Å². The Labute approximate surface area is 136 Å². The number of hydrogen-bond acceptors (Lipinski definition) is 3.